The summed E-state index contributed by atoms with van der Waals surface area (Å²) in [6.07, 6.45) is 4.29. The van der Waals surface area contributed by atoms with Crippen LogP contribution in [0.3, 0.4) is 0 Å². The summed E-state index contributed by atoms with van der Waals surface area (Å²) in [4.78, 5) is 14.7. The van der Waals surface area contributed by atoms with E-state index in [1.165, 1.54) is 0 Å². The summed E-state index contributed by atoms with van der Waals surface area (Å²) in [6, 6.07) is 0. The normalized spacial score (nSPS) is 29.8. The number of amides is 1. The van der Waals surface area contributed by atoms with Crippen molar-refractivity contribution in [3.63, 3.8) is 0 Å². The maximum atomic E-state index is 12.7. The smallest absolute Gasteiger partial charge is 0.230 e. The van der Waals surface area contributed by atoms with Crippen molar-refractivity contribution in [3.8, 4) is 0 Å². The van der Waals surface area contributed by atoms with Crippen LogP contribution in [0.2, 0.25) is 0 Å². The molecule has 0 saturated carbocycles. The summed E-state index contributed by atoms with van der Waals surface area (Å²) in [7, 11) is 0. The number of ether oxygens (including phenoxy) is 1. The molecular weight excluding hydrogens is 228 g/mol. The molecule has 104 valence electrons. The van der Waals surface area contributed by atoms with Crippen LogP contribution in [0.15, 0.2) is 0 Å². The summed E-state index contributed by atoms with van der Waals surface area (Å²) in [5.41, 5.74) is -0.127. The zero-order chi connectivity index (χ0) is 13.0. The molecule has 0 radical (unpaired) electrons. The third kappa shape index (κ3) is 2.69. The molecule has 0 aromatic heterocycles. The first kappa shape index (κ1) is 13.8. The zero-order valence-corrected chi connectivity index (χ0v) is 11.7. The van der Waals surface area contributed by atoms with Gasteiger partial charge in [-0.15, -0.1) is 0 Å². The molecule has 1 N–H and O–H groups in total. The van der Waals surface area contributed by atoms with E-state index in [4.69, 9.17) is 4.74 Å². The lowest BCUT2D eigenvalue weighted by Gasteiger charge is -2.37. The molecule has 2 fully saturated rings. The van der Waals surface area contributed by atoms with Crippen LogP contribution in [0.25, 0.3) is 0 Å². The maximum absolute atomic E-state index is 12.7. The Labute approximate surface area is 110 Å². The molecule has 1 atom stereocenters. The lowest BCUT2D eigenvalue weighted by Crippen LogP contribution is -2.49. The van der Waals surface area contributed by atoms with Crippen LogP contribution in [-0.4, -0.2) is 49.7 Å². The minimum atomic E-state index is -0.127. The number of hydrogen-bond acceptors (Lipinski definition) is 3. The average molecular weight is 254 g/mol. The molecule has 1 unspecified atom stereocenters. The zero-order valence-electron chi connectivity index (χ0n) is 11.7. The monoisotopic (exact) mass is 254 g/mol. The fraction of sp³-hybridized carbons (Fsp3) is 0.929. The Morgan fingerprint density at radius 1 is 1.39 bits per heavy atom. The number of piperidine rings is 1. The van der Waals surface area contributed by atoms with Gasteiger partial charge >= 0.3 is 0 Å². The summed E-state index contributed by atoms with van der Waals surface area (Å²) in [5, 5.41) is 3.34. The summed E-state index contributed by atoms with van der Waals surface area (Å²) < 4.78 is 5.64. The van der Waals surface area contributed by atoms with Gasteiger partial charge in [-0.3, -0.25) is 4.79 Å². The summed E-state index contributed by atoms with van der Waals surface area (Å²) in [5.74, 6) is 0.366. The number of likely N-dealkylation sites (tertiary alicyclic amines) is 1. The van der Waals surface area contributed by atoms with Gasteiger partial charge in [0.05, 0.1) is 11.5 Å². The van der Waals surface area contributed by atoms with Gasteiger partial charge in [-0.2, -0.15) is 0 Å². The van der Waals surface area contributed by atoms with E-state index in [0.29, 0.717) is 12.0 Å². The van der Waals surface area contributed by atoms with E-state index in [-0.39, 0.29) is 5.41 Å². The molecule has 0 aromatic rings. The van der Waals surface area contributed by atoms with Gasteiger partial charge in [0.25, 0.3) is 0 Å². The minimum absolute atomic E-state index is 0.127. The van der Waals surface area contributed by atoms with Gasteiger partial charge in [0.2, 0.25) is 5.91 Å². The van der Waals surface area contributed by atoms with Crippen molar-refractivity contribution >= 4 is 5.91 Å². The van der Waals surface area contributed by atoms with E-state index < -0.39 is 0 Å². The molecule has 18 heavy (non-hydrogen) atoms. The van der Waals surface area contributed by atoms with Gasteiger partial charge in [0, 0.05) is 26.2 Å². The number of hydrogen-bond donors (Lipinski definition) is 1. The second-order valence-electron chi connectivity index (χ2n) is 5.51. The van der Waals surface area contributed by atoms with Crippen LogP contribution < -0.4 is 5.32 Å². The maximum Gasteiger partial charge on any atom is 0.230 e. The Bertz CT molecular complexity index is 280. The van der Waals surface area contributed by atoms with Gasteiger partial charge in [0.15, 0.2) is 0 Å². The molecular formula is C14H26N2O2. The molecule has 0 aromatic carbocycles. The Kier molecular flexibility index (Phi) is 4.62. The molecule has 2 aliphatic rings. The quantitative estimate of drug-likeness (QED) is 0.824. The van der Waals surface area contributed by atoms with Crippen molar-refractivity contribution in [2.45, 2.75) is 45.6 Å². The molecule has 4 heteroatoms. The second-order valence-corrected chi connectivity index (χ2v) is 5.51. The molecule has 2 heterocycles. The third-order valence-corrected chi connectivity index (χ3v) is 4.51. The van der Waals surface area contributed by atoms with Crippen LogP contribution in [0, 0.1) is 5.41 Å². The SMILES string of the molecule is CCOC1CCN(C(=O)C2(CC)CCNC2)CC1. The van der Waals surface area contributed by atoms with Gasteiger partial charge in [-0.25, -0.2) is 0 Å². The third-order valence-electron chi connectivity index (χ3n) is 4.51. The van der Waals surface area contributed by atoms with Crippen LogP contribution in [-0.2, 0) is 9.53 Å². The first-order valence-electron chi connectivity index (χ1n) is 7.33. The first-order chi connectivity index (χ1) is 8.72. The standard InChI is InChI=1S/C14H26N2O2/c1-3-14(7-8-15-11-14)13(17)16-9-5-12(6-10-16)18-4-2/h12,15H,3-11H2,1-2H3. The lowest BCUT2D eigenvalue weighted by molar-refractivity contribution is -0.144. The number of carbonyl (C=O) groups is 1. The summed E-state index contributed by atoms with van der Waals surface area (Å²) >= 11 is 0. The molecule has 0 bridgehead atoms. The van der Waals surface area contributed by atoms with E-state index in [1.54, 1.807) is 0 Å². The Morgan fingerprint density at radius 3 is 2.61 bits per heavy atom. The van der Waals surface area contributed by atoms with Gasteiger partial charge in [-0.1, -0.05) is 6.92 Å². The fourth-order valence-electron chi connectivity index (χ4n) is 3.18. The number of rotatable bonds is 4. The van der Waals surface area contributed by atoms with Crippen molar-refractivity contribution in [1.82, 2.24) is 10.2 Å². The van der Waals surface area contributed by atoms with Gasteiger partial charge < -0.3 is 15.0 Å². The van der Waals surface area contributed by atoms with Crippen molar-refractivity contribution < 1.29 is 9.53 Å². The molecule has 4 nitrogen and oxygen atoms in total. The van der Waals surface area contributed by atoms with Crippen molar-refractivity contribution in [1.29, 1.82) is 0 Å². The van der Waals surface area contributed by atoms with E-state index in [0.717, 1.165) is 58.5 Å². The predicted octanol–water partition coefficient (Wildman–Crippen LogP) is 1.40. The molecule has 0 aliphatic carbocycles. The average Bonchev–Trinajstić information content (AvgIpc) is 2.89. The van der Waals surface area contributed by atoms with Crippen molar-refractivity contribution in [2.75, 3.05) is 32.8 Å². The number of carbonyl (C=O) groups excluding carboxylic acids is 1. The van der Waals surface area contributed by atoms with Crippen molar-refractivity contribution in [3.05, 3.63) is 0 Å². The predicted molar refractivity (Wildman–Crippen MR) is 71.4 cm³/mol. The van der Waals surface area contributed by atoms with Crippen LogP contribution in [0.1, 0.15) is 39.5 Å². The highest BCUT2D eigenvalue weighted by molar-refractivity contribution is 5.83. The van der Waals surface area contributed by atoms with Crippen LogP contribution >= 0.6 is 0 Å². The van der Waals surface area contributed by atoms with E-state index in [9.17, 15) is 4.79 Å². The largest absolute Gasteiger partial charge is 0.378 e. The Morgan fingerprint density at radius 2 is 2.11 bits per heavy atom. The van der Waals surface area contributed by atoms with E-state index in [2.05, 4.69) is 17.1 Å². The van der Waals surface area contributed by atoms with E-state index in [1.807, 2.05) is 6.92 Å². The molecule has 1 amide bonds. The lowest BCUT2D eigenvalue weighted by atomic mass is 9.82. The Hall–Kier alpha value is -0.610. The summed E-state index contributed by atoms with van der Waals surface area (Å²) in [6.45, 7) is 8.52. The molecule has 0 spiro atoms. The molecule has 2 rings (SSSR count). The molecule has 2 aliphatic heterocycles. The van der Waals surface area contributed by atoms with Crippen LogP contribution in [0.4, 0.5) is 0 Å². The fourth-order valence-corrected chi connectivity index (χ4v) is 3.18. The highest BCUT2D eigenvalue weighted by Crippen LogP contribution is 2.32. The van der Waals surface area contributed by atoms with E-state index >= 15 is 0 Å². The first-order valence-corrected chi connectivity index (χ1v) is 7.33. The van der Waals surface area contributed by atoms with Crippen LogP contribution in [0.5, 0.6) is 0 Å². The minimum Gasteiger partial charge on any atom is -0.378 e. The number of nitrogens with one attached hydrogen (secondary N) is 1. The number of nitrogens with zero attached hydrogens (tertiary/aromatic N) is 1. The van der Waals surface area contributed by atoms with Crippen molar-refractivity contribution in [2.24, 2.45) is 5.41 Å². The molecule has 2 saturated heterocycles. The Balaban J connectivity index is 1.90. The highest BCUT2D eigenvalue weighted by atomic mass is 16.5. The highest BCUT2D eigenvalue weighted by Gasteiger charge is 2.42. The van der Waals surface area contributed by atoms with Gasteiger partial charge in [0.1, 0.15) is 0 Å². The van der Waals surface area contributed by atoms with Gasteiger partial charge in [-0.05, 0) is 39.2 Å². The second kappa shape index (κ2) is 6.02. The topological polar surface area (TPSA) is 41.6 Å².